The molecule has 55 heavy (non-hydrogen) atoms. The molecule has 6 rings (SSSR count). The summed E-state index contributed by atoms with van der Waals surface area (Å²) in [6, 6.07) is 29.3. The van der Waals surface area contributed by atoms with Crippen molar-refractivity contribution in [3.05, 3.63) is 206 Å². The molecule has 6 aromatic carbocycles. The quantitative estimate of drug-likeness (QED) is 0.132. The zero-order valence-electron chi connectivity index (χ0n) is 36.5. The Balaban J connectivity index is 1.46. The topological polar surface area (TPSA) is 0 Å². The molecular formula is C55H64. The fourth-order valence-electron chi connectivity index (χ4n) is 8.79. The van der Waals surface area contributed by atoms with Crippen LogP contribution in [0.25, 0.3) is 0 Å². The first-order valence-electron chi connectivity index (χ1n) is 20.5. The Labute approximate surface area is 334 Å². The Morgan fingerprint density at radius 1 is 0.200 bits per heavy atom. The maximum absolute atomic E-state index is 2.52. The summed E-state index contributed by atoms with van der Waals surface area (Å²) in [6.45, 7) is 31.8. The van der Waals surface area contributed by atoms with Gasteiger partial charge in [-0.1, -0.05) is 72.8 Å². The second-order valence-electron chi connectivity index (χ2n) is 17.4. The van der Waals surface area contributed by atoms with E-state index in [1.165, 1.54) is 134 Å². The molecule has 0 amide bonds. The number of aryl methyl sites for hydroxylation is 8. The van der Waals surface area contributed by atoms with E-state index in [0.29, 0.717) is 0 Å². The number of hydrogen-bond acceptors (Lipinski definition) is 0. The molecule has 0 saturated heterocycles. The van der Waals surface area contributed by atoms with Gasteiger partial charge in [-0.25, -0.2) is 0 Å². The van der Waals surface area contributed by atoms with Crippen LogP contribution in [-0.4, -0.2) is 0 Å². The lowest BCUT2D eigenvalue weighted by Gasteiger charge is -2.19. The summed E-state index contributed by atoms with van der Waals surface area (Å²) in [5, 5.41) is 0. The van der Waals surface area contributed by atoms with E-state index >= 15 is 0 Å². The zero-order chi connectivity index (χ0) is 39.9. The maximum atomic E-state index is 2.52. The van der Waals surface area contributed by atoms with Gasteiger partial charge in [0.05, 0.1) is 0 Å². The van der Waals surface area contributed by atoms with Crippen molar-refractivity contribution in [2.24, 2.45) is 0 Å². The largest absolute Gasteiger partial charge is 0.0555 e. The van der Waals surface area contributed by atoms with Crippen LogP contribution >= 0.6 is 0 Å². The van der Waals surface area contributed by atoms with Gasteiger partial charge >= 0.3 is 0 Å². The van der Waals surface area contributed by atoms with Crippen LogP contribution in [0.1, 0.15) is 134 Å². The molecular weight excluding hydrogens is 661 g/mol. The summed E-state index contributed by atoms with van der Waals surface area (Å²) in [5.74, 6) is 0. The summed E-state index contributed by atoms with van der Waals surface area (Å²) < 4.78 is 0. The van der Waals surface area contributed by atoms with Gasteiger partial charge in [-0.2, -0.15) is 0 Å². The Bertz CT molecular complexity index is 2000. The molecule has 0 unspecified atom stereocenters. The van der Waals surface area contributed by atoms with Crippen LogP contribution in [0.2, 0.25) is 0 Å². The fourth-order valence-corrected chi connectivity index (χ4v) is 8.79. The Hall–Kier alpha value is -4.68. The van der Waals surface area contributed by atoms with Crippen LogP contribution in [0, 0.1) is 96.9 Å². The van der Waals surface area contributed by atoms with E-state index in [-0.39, 0.29) is 0 Å². The summed E-state index contributed by atoms with van der Waals surface area (Å²) in [5.41, 5.74) is 33.7. The molecule has 0 fully saturated rings. The smallest absolute Gasteiger partial charge is 0.00227 e. The van der Waals surface area contributed by atoms with Crippen molar-refractivity contribution in [1.82, 2.24) is 0 Å². The molecule has 0 heterocycles. The average molecular weight is 725 g/mol. The third-order valence-electron chi connectivity index (χ3n) is 13.3. The van der Waals surface area contributed by atoms with Gasteiger partial charge < -0.3 is 0 Å². The molecule has 0 aromatic heterocycles. The second-order valence-corrected chi connectivity index (χ2v) is 17.4. The molecule has 0 bridgehead atoms. The monoisotopic (exact) mass is 725 g/mol. The van der Waals surface area contributed by atoms with E-state index in [1.54, 1.807) is 0 Å². The molecule has 0 aliphatic carbocycles. The van der Waals surface area contributed by atoms with E-state index < -0.39 is 0 Å². The van der Waals surface area contributed by atoms with E-state index in [9.17, 15) is 0 Å². The fraction of sp³-hybridized carbons (Fsp3) is 0.345. The van der Waals surface area contributed by atoms with Crippen LogP contribution in [0.15, 0.2) is 72.8 Å². The van der Waals surface area contributed by atoms with Gasteiger partial charge in [-0.15, -0.1) is 0 Å². The van der Waals surface area contributed by atoms with Crippen LogP contribution in [0.3, 0.4) is 0 Å². The third kappa shape index (κ3) is 8.91. The minimum Gasteiger partial charge on any atom is -0.0555 e. The van der Waals surface area contributed by atoms with Crippen LogP contribution in [0.5, 0.6) is 0 Å². The van der Waals surface area contributed by atoms with Crippen molar-refractivity contribution in [3.63, 3.8) is 0 Å². The predicted molar refractivity (Wildman–Crippen MR) is 239 cm³/mol. The van der Waals surface area contributed by atoms with Gasteiger partial charge in [0.15, 0.2) is 0 Å². The van der Waals surface area contributed by atoms with E-state index in [2.05, 4.69) is 170 Å². The predicted octanol–water partition coefficient (Wildman–Crippen LogP) is 14.0. The minimum absolute atomic E-state index is 0.913. The molecule has 0 heteroatoms. The third-order valence-corrected chi connectivity index (χ3v) is 13.3. The molecule has 0 N–H and O–H groups in total. The molecule has 0 aliphatic rings. The Kier molecular flexibility index (Phi) is 11.8. The van der Waals surface area contributed by atoms with Gasteiger partial charge in [-0.3, -0.25) is 0 Å². The number of rotatable bonds is 10. The zero-order valence-corrected chi connectivity index (χ0v) is 36.5. The highest BCUT2D eigenvalue weighted by Crippen LogP contribution is 2.30. The molecule has 6 aromatic rings. The van der Waals surface area contributed by atoms with Gasteiger partial charge in [0.2, 0.25) is 0 Å². The number of hydrogen-bond donors (Lipinski definition) is 0. The van der Waals surface area contributed by atoms with Crippen molar-refractivity contribution in [3.8, 4) is 0 Å². The van der Waals surface area contributed by atoms with Crippen molar-refractivity contribution in [2.45, 2.75) is 129 Å². The Morgan fingerprint density at radius 3 is 0.545 bits per heavy atom. The molecule has 0 radical (unpaired) electrons. The van der Waals surface area contributed by atoms with Crippen molar-refractivity contribution >= 4 is 0 Å². The highest BCUT2D eigenvalue weighted by Gasteiger charge is 2.16. The normalized spacial score (nSPS) is 11.5. The van der Waals surface area contributed by atoms with Crippen LogP contribution in [0.4, 0.5) is 0 Å². The van der Waals surface area contributed by atoms with Crippen molar-refractivity contribution < 1.29 is 0 Å². The number of benzene rings is 6. The minimum atomic E-state index is 0.913. The first-order valence-corrected chi connectivity index (χ1v) is 20.5. The van der Waals surface area contributed by atoms with E-state index in [0.717, 1.165) is 32.1 Å². The van der Waals surface area contributed by atoms with Crippen LogP contribution < -0.4 is 0 Å². The summed E-state index contributed by atoms with van der Waals surface area (Å²) in [4.78, 5) is 0. The molecule has 0 aliphatic heterocycles. The van der Waals surface area contributed by atoms with Gasteiger partial charge in [-0.05, 0) is 263 Å². The molecule has 0 atom stereocenters. The summed E-state index contributed by atoms with van der Waals surface area (Å²) in [6.07, 6.45) is 4.70. The molecule has 0 nitrogen and oxygen atoms in total. The lowest BCUT2D eigenvalue weighted by atomic mass is 9.86. The summed E-state index contributed by atoms with van der Waals surface area (Å²) in [7, 11) is 0. The standard InChI is InChI=1S/C55H64/c1-32-15-46(16-33(2)40(32)9)24-52-28-50(29-53(44(52)13)25-47-17-34(3)41(10)35(4)18-47)23-51-30-54(26-48-19-36(5)42(11)37(6)20-48)45(14)55(31-51)27-49-21-38(7)43(12)39(8)22-49/h15-22,28-31H,23-27H2,1-14H3. The Morgan fingerprint density at radius 2 is 0.364 bits per heavy atom. The SMILES string of the molecule is Cc1cc(Cc2cc(Cc3cc(Cc4cc(C)c(C)c(C)c4)c(C)c(Cc4cc(C)c(C)c(C)c4)c3)cc(Cc3cc(C)c(C)c(C)c3)c2C)cc(C)c1C. The highest BCUT2D eigenvalue weighted by atomic mass is 14.2. The molecule has 0 spiro atoms. The van der Waals surface area contributed by atoms with E-state index in [1.807, 2.05) is 0 Å². The van der Waals surface area contributed by atoms with Crippen molar-refractivity contribution in [1.29, 1.82) is 0 Å². The summed E-state index contributed by atoms with van der Waals surface area (Å²) >= 11 is 0. The van der Waals surface area contributed by atoms with Gasteiger partial charge in [0, 0.05) is 0 Å². The second kappa shape index (κ2) is 16.2. The average Bonchev–Trinajstić information content (AvgIpc) is 3.11. The van der Waals surface area contributed by atoms with Crippen LogP contribution in [-0.2, 0) is 32.1 Å². The highest BCUT2D eigenvalue weighted by molar-refractivity contribution is 5.51. The van der Waals surface area contributed by atoms with Gasteiger partial charge in [0.1, 0.15) is 0 Å². The first kappa shape index (κ1) is 40.0. The van der Waals surface area contributed by atoms with Crippen molar-refractivity contribution in [2.75, 3.05) is 0 Å². The molecule has 284 valence electrons. The molecule has 0 saturated carbocycles. The first-order chi connectivity index (χ1) is 26.0. The lowest BCUT2D eigenvalue weighted by molar-refractivity contribution is 1.03. The van der Waals surface area contributed by atoms with Gasteiger partial charge in [0.25, 0.3) is 0 Å². The maximum Gasteiger partial charge on any atom is -0.00227 e. The lowest BCUT2D eigenvalue weighted by Crippen LogP contribution is -2.05. The van der Waals surface area contributed by atoms with E-state index in [4.69, 9.17) is 0 Å².